The standard InChI is InChI=1S/C34H65NO6S2Si2/c1-32(2,3)44(11,12)40-26-28-23-29(27-41-45(13,14)33(4,5)6)25-30(24-28)35(17-18-38-21-22-39-20-19-37-9)31(36)15-16-34(7,8)43-42-10/h23-25H,15-22,26-27H2,1-14H3. The number of amides is 1. The molecule has 0 aliphatic heterocycles. The smallest absolute Gasteiger partial charge is 0.227 e. The van der Waals surface area contributed by atoms with Gasteiger partial charge in [0.05, 0.1) is 46.2 Å². The van der Waals surface area contributed by atoms with Crippen molar-refractivity contribution in [1.29, 1.82) is 0 Å². The fourth-order valence-corrected chi connectivity index (χ4v) is 8.02. The van der Waals surface area contributed by atoms with Gasteiger partial charge in [0.15, 0.2) is 16.6 Å². The molecule has 0 saturated heterocycles. The Kier molecular flexibility index (Phi) is 18.0. The predicted octanol–water partition coefficient (Wildman–Crippen LogP) is 9.31. The summed E-state index contributed by atoms with van der Waals surface area (Å²) in [6, 6.07) is 6.44. The van der Waals surface area contributed by atoms with Gasteiger partial charge in [-0.3, -0.25) is 4.79 Å². The largest absolute Gasteiger partial charge is 0.413 e. The number of benzene rings is 1. The highest BCUT2D eigenvalue weighted by atomic mass is 33.1. The van der Waals surface area contributed by atoms with E-state index in [1.807, 2.05) is 15.7 Å². The van der Waals surface area contributed by atoms with Crippen molar-refractivity contribution in [1.82, 2.24) is 0 Å². The Labute approximate surface area is 286 Å². The van der Waals surface area contributed by atoms with Crippen LogP contribution in [0.15, 0.2) is 18.2 Å². The zero-order chi connectivity index (χ0) is 34.5. The van der Waals surface area contributed by atoms with Crippen LogP contribution in [0.4, 0.5) is 5.69 Å². The van der Waals surface area contributed by atoms with Gasteiger partial charge in [-0.1, -0.05) is 69.2 Å². The third-order valence-corrected chi connectivity index (χ3v) is 20.6. The van der Waals surface area contributed by atoms with E-state index in [4.69, 9.17) is 23.1 Å². The van der Waals surface area contributed by atoms with E-state index in [0.29, 0.717) is 59.2 Å². The zero-order valence-corrected chi connectivity index (χ0v) is 34.6. The monoisotopic (exact) mass is 703 g/mol. The van der Waals surface area contributed by atoms with Crippen LogP contribution < -0.4 is 4.90 Å². The van der Waals surface area contributed by atoms with Crippen LogP contribution in [0.25, 0.3) is 0 Å². The van der Waals surface area contributed by atoms with Gasteiger partial charge in [-0.05, 0) is 86.0 Å². The van der Waals surface area contributed by atoms with E-state index >= 15 is 0 Å². The second kappa shape index (κ2) is 19.0. The summed E-state index contributed by atoms with van der Waals surface area (Å²) < 4.78 is 29.8. The van der Waals surface area contributed by atoms with Crippen LogP contribution in [-0.2, 0) is 41.1 Å². The third-order valence-electron chi connectivity index (χ3n) is 8.97. The molecule has 1 aromatic rings. The first-order valence-corrected chi connectivity index (χ1v) is 24.6. The number of ether oxygens (including phenoxy) is 3. The normalized spacial score (nSPS) is 13.4. The Bertz CT molecular complexity index is 977. The molecule has 0 fully saturated rings. The molecule has 0 heterocycles. The quantitative estimate of drug-likeness (QED) is 0.0713. The van der Waals surface area contributed by atoms with Crippen molar-refractivity contribution in [2.45, 2.75) is 122 Å². The van der Waals surface area contributed by atoms with Gasteiger partial charge >= 0.3 is 0 Å². The van der Waals surface area contributed by atoms with Crippen molar-refractivity contribution >= 4 is 49.8 Å². The number of methoxy groups -OCH3 is 1. The molecule has 11 heteroatoms. The summed E-state index contributed by atoms with van der Waals surface area (Å²) in [4.78, 5) is 15.8. The molecule has 45 heavy (non-hydrogen) atoms. The number of hydrogen-bond acceptors (Lipinski definition) is 8. The predicted molar refractivity (Wildman–Crippen MR) is 201 cm³/mol. The molecule has 0 N–H and O–H groups in total. The Morgan fingerprint density at radius 1 is 0.756 bits per heavy atom. The van der Waals surface area contributed by atoms with Crippen LogP contribution in [0.3, 0.4) is 0 Å². The minimum Gasteiger partial charge on any atom is -0.413 e. The topological polar surface area (TPSA) is 66.5 Å². The summed E-state index contributed by atoms with van der Waals surface area (Å²) in [7, 11) is 1.26. The molecule has 0 bridgehead atoms. The molecule has 0 aromatic heterocycles. The van der Waals surface area contributed by atoms with E-state index in [0.717, 1.165) is 23.2 Å². The van der Waals surface area contributed by atoms with Crippen LogP contribution >= 0.6 is 21.6 Å². The maximum atomic E-state index is 13.9. The van der Waals surface area contributed by atoms with E-state index < -0.39 is 16.6 Å². The first-order chi connectivity index (χ1) is 20.7. The molecule has 7 nitrogen and oxygen atoms in total. The highest BCUT2D eigenvalue weighted by Crippen LogP contribution is 2.39. The molecule has 0 saturated carbocycles. The van der Waals surface area contributed by atoms with Crippen LogP contribution in [-0.4, -0.2) is 80.2 Å². The van der Waals surface area contributed by atoms with Crippen LogP contribution in [0.2, 0.25) is 36.3 Å². The number of rotatable bonds is 21. The summed E-state index contributed by atoms with van der Waals surface area (Å²) in [5, 5.41) is 0.209. The molecule has 0 unspecified atom stereocenters. The molecule has 1 aromatic carbocycles. The van der Waals surface area contributed by atoms with E-state index in [9.17, 15) is 4.79 Å². The minimum absolute atomic E-state index is 0.00217. The summed E-state index contributed by atoms with van der Waals surface area (Å²) in [6.45, 7) is 31.0. The molecular formula is C34H65NO6S2Si2. The number of hydrogen-bond donors (Lipinski definition) is 0. The van der Waals surface area contributed by atoms with Crippen molar-refractivity contribution in [3.63, 3.8) is 0 Å². The first kappa shape index (κ1) is 42.6. The average Bonchev–Trinajstić information content (AvgIpc) is 2.92. The van der Waals surface area contributed by atoms with Gasteiger partial charge in [0.1, 0.15) is 0 Å². The van der Waals surface area contributed by atoms with Crippen LogP contribution in [0.1, 0.15) is 79.4 Å². The summed E-state index contributed by atoms with van der Waals surface area (Å²) in [5.41, 5.74) is 3.00. The zero-order valence-electron chi connectivity index (χ0n) is 31.0. The van der Waals surface area contributed by atoms with Gasteiger partial charge in [0.25, 0.3) is 0 Å². The molecule has 0 spiro atoms. The van der Waals surface area contributed by atoms with E-state index in [1.54, 1.807) is 17.9 Å². The maximum Gasteiger partial charge on any atom is 0.227 e. The third kappa shape index (κ3) is 15.6. The van der Waals surface area contributed by atoms with Gasteiger partial charge < -0.3 is 28.0 Å². The number of carbonyl (C=O) groups excluding carboxylic acids is 1. The summed E-state index contributed by atoms with van der Waals surface area (Å²) in [5.74, 6) is 0.100. The van der Waals surface area contributed by atoms with Gasteiger partial charge in [0.2, 0.25) is 5.91 Å². The van der Waals surface area contributed by atoms with Crippen molar-refractivity contribution < 1.29 is 27.9 Å². The second-order valence-corrected chi connectivity index (χ2v) is 28.1. The summed E-state index contributed by atoms with van der Waals surface area (Å²) >= 11 is 0. The molecular weight excluding hydrogens is 639 g/mol. The molecule has 1 rings (SSSR count). The Morgan fingerprint density at radius 3 is 1.67 bits per heavy atom. The van der Waals surface area contributed by atoms with Crippen molar-refractivity contribution in [2.75, 3.05) is 57.8 Å². The number of anilines is 1. The lowest BCUT2D eigenvalue weighted by Crippen LogP contribution is -2.40. The van der Waals surface area contributed by atoms with Crippen molar-refractivity contribution in [3.05, 3.63) is 29.3 Å². The van der Waals surface area contributed by atoms with Crippen LogP contribution in [0.5, 0.6) is 0 Å². The molecule has 262 valence electrons. The number of nitrogens with zero attached hydrogens (tertiary/aromatic N) is 1. The fraction of sp³-hybridized carbons (Fsp3) is 0.794. The Morgan fingerprint density at radius 2 is 1.22 bits per heavy atom. The molecule has 0 aliphatic rings. The van der Waals surface area contributed by atoms with E-state index in [1.165, 1.54) is 0 Å². The SMILES string of the molecule is COCCOCCOCCN(C(=O)CCC(C)(C)SSC)c1cc(CO[Si](C)(C)C(C)(C)C)cc(CO[Si](C)(C)C(C)(C)C)c1. The van der Waals surface area contributed by atoms with Crippen LogP contribution in [0, 0.1) is 0 Å². The summed E-state index contributed by atoms with van der Waals surface area (Å²) in [6.07, 6.45) is 3.33. The highest BCUT2D eigenvalue weighted by molar-refractivity contribution is 8.76. The second-order valence-electron chi connectivity index (χ2n) is 15.4. The van der Waals surface area contributed by atoms with Gasteiger partial charge in [-0.2, -0.15) is 0 Å². The molecule has 0 atom stereocenters. The lowest BCUT2D eigenvalue weighted by molar-refractivity contribution is -0.119. The van der Waals surface area contributed by atoms with E-state index in [-0.39, 0.29) is 20.7 Å². The Balaban J connectivity index is 3.36. The minimum atomic E-state index is -1.98. The van der Waals surface area contributed by atoms with Gasteiger partial charge in [-0.25, -0.2) is 0 Å². The van der Waals surface area contributed by atoms with Gasteiger partial charge in [-0.15, -0.1) is 0 Å². The first-order valence-electron chi connectivity index (χ1n) is 16.2. The molecule has 0 aliphatic carbocycles. The highest BCUT2D eigenvalue weighted by Gasteiger charge is 2.38. The lowest BCUT2D eigenvalue weighted by Gasteiger charge is -2.37. The van der Waals surface area contributed by atoms with Crippen molar-refractivity contribution in [3.8, 4) is 0 Å². The fourth-order valence-electron chi connectivity index (χ4n) is 3.85. The molecule has 1 amide bonds. The maximum absolute atomic E-state index is 13.9. The average molecular weight is 704 g/mol. The Hall–Kier alpha value is -0.376. The number of carbonyl (C=O) groups is 1. The van der Waals surface area contributed by atoms with Gasteiger partial charge in [0, 0.05) is 30.5 Å². The van der Waals surface area contributed by atoms with E-state index in [2.05, 4.69) is 106 Å². The molecule has 0 radical (unpaired) electrons. The lowest BCUT2D eigenvalue weighted by atomic mass is 10.1. The van der Waals surface area contributed by atoms with Crippen molar-refractivity contribution in [2.24, 2.45) is 0 Å².